The summed E-state index contributed by atoms with van der Waals surface area (Å²) in [5.74, 6) is 0.761. The van der Waals surface area contributed by atoms with Crippen molar-refractivity contribution in [1.29, 1.82) is 0 Å². The summed E-state index contributed by atoms with van der Waals surface area (Å²) < 4.78 is 5.77. The second kappa shape index (κ2) is 9.90. The Balaban J connectivity index is 1.55. The Morgan fingerprint density at radius 2 is 1.89 bits per heavy atom. The van der Waals surface area contributed by atoms with Crippen molar-refractivity contribution < 1.29 is 9.53 Å². The molecular weight excluding hydrogens is 372 g/mol. The smallest absolute Gasteiger partial charge is 0.220 e. The summed E-state index contributed by atoms with van der Waals surface area (Å²) in [5, 5.41) is 3.78. The van der Waals surface area contributed by atoms with Gasteiger partial charge in [-0.1, -0.05) is 48.0 Å². The molecule has 0 saturated carbocycles. The third kappa shape index (κ3) is 5.57. The van der Waals surface area contributed by atoms with Gasteiger partial charge in [0, 0.05) is 17.6 Å². The van der Waals surface area contributed by atoms with Crippen LogP contribution in [-0.4, -0.2) is 17.5 Å². The van der Waals surface area contributed by atoms with E-state index in [1.54, 1.807) is 12.3 Å². The van der Waals surface area contributed by atoms with E-state index in [1.807, 2.05) is 67.6 Å². The van der Waals surface area contributed by atoms with Gasteiger partial charge in [0.05, 0.1) is 18.3 Å². The van der Waals surface area contributed by atoms with Crippen LogP contribution in [0.3, 0.4) is 0 Å². The molecule has 0 aliphatic heterocycles. The normalized spacial score (nSPS) is 11.6. The van der Waals surface area contributed by atoms with Crippen molar-refractivity contribution in [1.82, 2.24) is 10.3 Å². The fourth-order valence-corrected chi connectivity index (χ4v) is 3.17. The van der Waals surface area contributed by atoms with Crippen molar-refractivity contribution in [3.8, 4) is 5.75 Å². The lowest BCUT2D eigenvalue weighted by Gasteiger charge is -2.19. The highest BCUT2D eigenvalue weighted by molar-refractivity contribution is 6.30. The zero-order chi connectivity index (χ0) is 19.8. The number of aromatic nitrogens is 1. The zero-order valence-corrected chi connectivity index (χ0v) is 16.5. The van der Waals surface area contributed by atoms with Gasteiger partial charge in [0.25, 0.3) is 0 Å². The van der Waals surface area contributed by atoms with Crippen molar-refractivity contribution in [3.05, 3.63) is 94.8 Å². The van der Waals surface area contributed by atoms with Gasteiger partial charge in [-0.2, -0.15) is 0 Å². The molecule has 3 rings (SSSR count). The number of hydrogen-bond donors (Lipinski definition) is 1. The number of carbonyl (C=O) groups is 1. The molecule has 1 unspecified atom stereocenters. The van der Waals surface area contributed by atoms with E-state index in [0.717, 1.165) is 22.6 Å². The molecular formula is C23H23ClN2O2. The topological polar surface area (TPSA) is 51.2 Å². The lowest BCUT2D eigenvalue weighted by molar-refractivity contribution is -0.121. The molecule has 0 spiro atoms. The predicted octanol–water partition coefficient (Wildman–Crippen LogP) is 5.11. The summed E-state index contributed by atoms with van der Waals surface area (Å²) in [6.07, 6.45) is 2.74. The van der Waals surface area contributed by atoms with Crippen molar-refractivity contribution in [2.24, 2.45) is 0 Å². The van der Waals surface area contributed by atoms with E-state index in [9.17, 15) is 4.79 Å². The Morgan fingerprint density at radius 3 is 2.61 bits per heavy atom. The Bertz CT molecular complexity index is 861. The standard InChI is InChI=1S/C23H23ClN2O2/c1-17-16-19(24)12-13-21(17)28-15-7-11-22(27)26-23(18-8-3-2-4-9-18)20-10-5-6-14-25-20/h2-6,8-10,12-14,16,23H,7,11,15H2,1H3,(H,26,27). The maximum absolute atomic E-state index is 12.5. The molecule has 1 amide bonds. The minimum Gasteiger partial charge on any atom is -0.493 e. The number of rotatable bonds is 8. The van der Waals surface area contributed by atoms with Gasteiger partial charge in [0.15, 0.2) is 0 Å². The van der Waals surface area contributed by atoms with Crippen LogP contribution in [0.25, 0.3) is 0 Å². The number of nitrogens with one attached hydrogen (secondary N) is 1. The van der Waals surface area contributed by atoms with Crippen molar-refractivity contribution in [2.45, 2.75) is 25.8 Å². The van der Waals surface area contributed by atoms with Crippen molar-refractivity contribution >= 4 is 17.5 Å². The monoisotopic (exact) mass is 394 g/mol. The van der Waals surface area contributed by atoms with Crippen LogP contribution >= 0.6 is 11.6 Å². The summed E-state index contributed by atoms with van der Waals surface area (Å²) in [4.78, 5) is 16.9. The van der Waals surface area contributed by atoms with E-state index in [2.05, 4.69) is 10.3 Å². The molecule has 28 heavy (non-hydrogen) atoms. The van der Waals surface area contributed by atoms with Crippen LogP contribution in [-0.2, 0) is 4.79 Å². The van der Waals surface area contributed by atoms with Crippen LogP contribution in [0, 0.1) is 6.92 Å². The van der Waals surface area contributed by atoms with E-state index >= 15 is 0 Å². The molecule has 0 saturated heterocycles. The predicted molar refractivity (Wildman–Crippen MR) is 112 cm³/mol. The Labute approximate surface area is 170 Å². The first kappa shape index (κ1) is 19.9. The molecule has 0 aliphatic rings. The van der Waals surface area contributed by atoms with Gasteiger partial charge in [0.1, 0.15) is 5.75 Å². The first-order valence-corrected chi connectivity index (χ1v) is 9.65. The fraction of sp³-hybridized carbons (Fsp3) is 0.217. The molecule has 3 aromatic rings. The van der Waals surface area contributed by atoms with Gasteiger partial charge >= 0.3 is 0 Å². The largest absolute Gasteiger partial charge is 0.493 e. The van der Waals surface area contributed by atoms with E-state index in [0.29, 0.717) is 24.5 Å². The van der Waals surface area contributed by atoms with Crippen LogP contribution < -0.4 is 10.1 Å². The van der Waals surface area contributed by atoms with Gasteiger partial charge in [-0.3, -0.25) is 9.78 Å². The number of pyridine rings is 1. The molecule has 1 heterocycles. The number of benzene rings is 2. The highest BCUT2D eigenvalue weighted by Gasteiger charge is 2.17. The maximum atomic E-state index is 12.5. The summed E-state index contributed by atoms with van der Waals surface area (Å²) in [7, 11) is 0. The number of aryl methyl sites for hydroxylation is 1. The summed E-state index contributed by atoms with van der Waals surface area (Å²) >= 11 is 5.96. The van der Waals surface area contributed by atoms with Crippen LogP contribution in [0.15, 0.2) is 72.9 Å². The molecule has 0 radical (unpaired) electrons. The van der Waals surface area contributed by atoms with Gasteiger partial charge in [-0.15, -0.1) is 0 Å². The van der Waals surface area contributed by atoms with Crippen molar-refractivity contribution in [3.63, 3.8) is 0 Å². The third-order valence-corrected chi connectivity index (χ3v) is 4.60. The third-order valence-electron chi connectivity index (χ3n) is 4.36. The number of halogens is 1. The molecule has 1 aromatic heterocycles. The van der Waals surface area contributed by atoms with Crippen LogP contribution in [0.4, 0.5) is 0 Å². The number of ether oxygens (including phenoxy) is 1. The Morgan fingerprint density at radius 1 is 1.11 bits per heavy atom. The molecule has 2 aromatic carbocycles. The highest BCUT2D eigenvalue weighted by atomic mass is 35.5. The van der Waals surface area contributed by atoms with E-state index < -0.39 is 0 Å². The van der Waals surface area contributed by atoms with Crippen LogP contribution in [0.5, 0.6) is 5.75 Å². The summed E-state index contributed by atoms with van der Waals surface area (Å²) in [5.41, 5.74) is 2.80. The maximum Gasteiger partial charge on any atom is 0.220 e. The average Bonchev–Trinajstić information content (AvgIpc) is 2.72. The number of amides is 1. The highest BCUT2D eigenvalue weighted by Crippen LogP contribution is 2.22. The molecule has 144 valence electrons. The van der Waals surface area contributed by atoms with E-state index in [4.69, 9.17) is 16.3 Å². The zero-order valence-electron chi connectivity index (χ0n) is 15.8. The summed E-state index contributed by atoms with van der Waals surface area (Å²) in [6.45, 7) is 2.42. The van der Waals surface area contributed by atoms with E-state index in [1.165, 1.54) is 0 Å². The van der Waals surface area contributed by atoms with Gasteiger partial charge in [-0.05, 0) is 54.8 Å². The number of nitrogens with zero attached hydrogens (tertiary/aromatic N) is 1. The molecule has 1 atom stereocenters. The Hall–Kier alpha value is -2.85. The minimum absolute atomic E-state index is 0.0315. The second-order valence-corrected chi connectivity index (χ2v) is 6.96. The first-order valence-electron chi connectivity index (χ1n) is 9.27. The first-order chi connectivity index (χ1) is 13.6. The quantitative estimate of drug-likeness (QED) is 0.540. The van der Waals surface area contributed by atoms with Crippen LogP contribution in [0.2, 0.25) is 5.02 Å². The lowest BCUT2D eigenvalue weighted by atomic mass is 10.0. The molecule has 5 heteroatoms. The Kier molecular flexibility index (Phi) is 7.04. The lowest BCUT2D eigenvalue weighted by Crippen LogP contribution is -2.30. The SMILES string of the molecule is Cc1cc(Cl)ccc1OCCCC(=O)NC(c1ccccc1)c1ccccn1. The number of hydrogen-bond acceptors (Lipinski definition) is 3. The number of carbonyl (C=O) groups excluding carboxylic acids is 1. The van der Waals surface area contributed by atoms with Crippen LogP contribution in [0.1, 0.15) is 35.7 Å². The fourth-order valence-electron chi connectivity index (χ4n) is 2.94. The van der Waals surface area contributed by atoms with Gasteiger partial charge in [0.2, 0.25) is 5.91 Å². The minimum atomic E-state index is -0.269. The molecule has 0 bridgehead atoms. The van der Waals surface area contributed by atoms with Gasteiger partial charge < -0.3 is 10.1 Å². The average molecular weight is 395 g/mol. The molecule has 1 N–H and O–H groups in total. The summed E-state index contributed by atoms with van der Waals surface area (Å²) in [6, 6.07) is 20.8. The van der Waals surface area contributed by atoms with Crippen molar-refractivity contribution in [2.75, 3.05) is 6.61 Å². The second-order valence-electron chi connectivity index (χ2n) is 6.53. The molecule has 0 aliphatic carbocycles. The van der Waals surface area contributed by atoms with E-state index in [-0.39, 0.29) is 11.9 Å². The van der Waals surface area contributed by atoms with Gasteiger partial charge in [-0.25, -0.2) is 0 Å². The molecule has 0 fully saturated rings. The molecule has 4 nitrogen and oxygen atoms in total.